The second-order valence-corrected chi connectivity index (χ2v) is 9.02. The summed E-state index contributed by atoms with van der Waals surface area (Å²) >= 11 is 0. The minimum Gasteiger partial charge on any atom is -0.346 e. The van der Waals surface area contributed by atoms with Gasteiger partial charge in [0.25, 0.3) is 5.91 Å². The molecular weight excluding hydrogens is 476 g/mol. The van der Waals surface area contributed by atoms with Gasteiger partial charge in [-0.2, -0.15) is 10.2 Å². The van der Waals surface area contributed by atoms with Crippen molar-refractivity contribution in [1.29, 1.82) is 0 Å². The molecule has 1 N–H and O–H groups in total. The van der Waals surface area contributed by atoms with Crippen LogP contribution in [0, 0.1) is 12.7 Å². The van der Waals surface area contributed by atoms with E-state index in [1.165, 1.54) is 16.9 Å². The summed E-state index contributed by atoms with van der Waals surface area (Å²) in [6.45, 7) is 2.17. The van der Waals surface area contributed by atoms with E-state index in [-0.39, 0.29) is 24.5 Å². The topological polar surface area (TPSA) is 98.5 Å². The molecule has 4 aromatic rings. The molecule has 1 unspecified atom stereocenters. The van der Waals surface area contributed by atoms with E-state index in [0.29, 0.717) is 30.6 Å². The highest BCUT2D eigenvalue weighted by Gasteiger charge is 2.20. The number of rotatable bonds is 9. The van der Waals surface area contributed by atoms with Crippen LogP contribution >= 0.6 is 0 Å². The summed E-state index contributed by atoms with van der Waals surface area (Å²) in [6.07, 6.45) is 4.94. The third kappa shape index (κ3) is 5.91. The molecule has 1 aromatic carbocycles. The average Bonchev–Trinajstić information content (AvgIpc) is 3.54. The Morgan fingerprint density at radius 3 is 2.84 bits per heavy atom. The number of hydrogen-bond donors (Lipinski definition) is 1. The van der Waals surface area contributed by atoms with Gasteiger partial charge >= 0.3 is 0 Å². The Bertz CT molecular complexity index is 1450. The molecule has 0 fully saturated rings. The van der Waals surface area contributed by atoms with Crippen molar-refractivity contribution in [3.8, 4) is 0 Å². The lowest BCUT2D eigenvalue weighted by atomic mass is 10.0. The number of fused-ring (bicyclic) bond motifs is 1. The zero-order valence-electron chi connectivity index (χ0n) is 20.2. The van der Waals surface area contributed by atoms with Gasteiger partial charge in [0.2, 0.25) is 0 Å². The zero-order chi connectivity index (χ0) is 25.8. The molecule has 8 nitrogen and oxygen atoms in total. The molecule has 0 saturated heterocycles. The predicted molar refractivity (Wildman–Crippen MR) is 133 cm³/mol. The van der Waals surface area contributed by atoms with E-state index in [2.05, 4.69) is 30.8 Å². The van der Waals surface area contributed by atoms with Crippen LogP contribution in [0.3, 0.4) is 0 Å². The maximum Gasteiger partial charge on any atom is 0.273 e. The largest absolute Gasteiger partial charge is 0.346 e. The number of alkyl halides is 1. The summed E-state index contributed by atoms with van der Waals surface area (Å²) < 4.78 is 30.2. The Labute approximate surface area is 212 Å². The summed E-state index contributed by atoms with van der Waals surface area (Å²) in [4.78, 5) is 16.5. The van der Waals surface area contributed by atoms with E-state index in [1.807, 2.05) is 31.2 Å². The molecule has 0 spiro atoms. The maximum atomic E-state index is 14.7. The number of hydrogen-bond acceptors (Lipinski definition) is 6. The summed E-state index contributed by atoms with van der Waals surface area (Å²) in [5.41, 5.74) is 5.61. The fraction of sp³-hybridized carbons (Fsp3) is 0.259. The second kappa shape index (κ2) is 10.7. The molecule has 1 aliphatic rings. The maximum absolute atomic E-state index is 14.7. The van der Waals surface area contributed by atoms with Crippen molar-refractivity contribution in [2.45, 2.75) is 45.4 Å². The van der Waals surface area contributed by atoms with Gasteiger partial charge in [-0.1, -0.05) is 29.5 Å². The van der Waals surface area contributed by atoms with E-state index < -0.39 is 12.1 Å². The van der Waals surface area contributed by atoms with Gasteiger partial charge < -0.3 is 5.32 Å². The van der Waals surface area contributed by atoms with E-state index in [0.717, 1.165) is 28.1 Å². The van der Waals surface area contributed by atoms with E-state index in [4.69, 9.17) is 0 Å². The SMILES string of the molecule is Cc1ccc(CNC(=O)c2cn(CC(F)CCc3cc4c(nn3)CC(c3ccccc3F)=C4)nn2)cn1. The van der Waals surface area contributed by atoms with Crippen LogP contribution in [0.1, 0.15) is 50.7 Å². The number of benzene rings is 1. The lowest BCUT2D eigenvalue weighted by Gasteiger charge is -2.08. The molecular formula is C27H25F2N7O. The van der Waals surface area contributed by atoms with Crippen molar-refractivity contribution in [2.24, 2.45) is 0 Å². The molecule has 0 radical (unpaired) electrons. The van der Waals surface area contributed by atoms with Gasteiger partial charge in [-0.15, -0.1) is 5.10 Å². The first-order valence-electron chi connectivity index (χ1n) is 12.0. The number of carbonyl (C=O) groups is 1. The highest BCUT2D eigenvalue weighted by molar-refractivity contribution is 5.91. The van der Waals surface area contributed by atoms with Gasteiger partial charge in [-0.25, -0.2) is 13.5 Å². The number of allylic oxidation sites excluding steroid dienone is 1. The van der Waals surface area contributed by atoms with E-state index >= 15 is 0 Å². The summed E-state index contributed by atoms with van der Waals surface area (Å²) in [7, 11) is 0. The van der Waals surface area contributed by atoms with Gasteiger partial charge in [0.1, 0.15) is 12.0 Å². The Hall–Kier alpha value is -4.34. The van der Waals surface area contributed by atoms with Crippen LogP contribution in [0.4, 0.5) is 8.78 Å². The van der Waals surface area contributed by atoms with Crippen LogP contribution in [-0.2, 0) is 25.9 Å². The molecule has 3 aromatic heterocycles. The lowest BCUT2D eigenvalue weighted by molar-refractivity contribution is 0.0945. The molecule has 5 rings (SSSR count). The molecule has 10 heteroatoms. The summed E-state index contributed by atoms with van der Waals surface area (Å²) in [6, 6.07) is 12.3. The summed E-state index contributed by atoms with van der Waals surface area (Å²) in [5, 5.41) is 19.0. The van der Waals surface area contributed by atoms with Gasteiger partial charge in [0.15, 0.2) is 5.69 Å². The van der Waals surface area contributed by atoms with Crippen LogP contribution in [0.25, 0.3) is 11.6 Å². The fourth-order valence-electron chi connectivity index (χ4n) is 4.14. The number of aryl methyl sites for hydroxylation is 2. The van der Waals surface area contributed by atoms with Crippen molar-refractivity contribution in [2.75, 3.05) is 0 Å². The third-order valence-electron chi connectivity index (χ3n) is 6.16. The highest BCUT2D eigenvalue weighted by Crippen LogP contribution is 2.31. The molecule has 3 heterocycles. The van der Waals surface area contributed by atoms with E-state index in [9.17, 15) is 13.6 Å². The van der Waals surface area contributed by atoms with Gasteiger partial charge in [0, 0.05) is 36.0 Å². The fourth-order valence-corrected chi connectivity index (χ4v) is 4.14. The first-order chi connectivity index (χ1) is 17.9. The quantitative estimate of drug-likeness (QED) is 0.374. The Morgan fingerprint density at radius 1 is 1.16 bits per heavy atom. The predicted octanol–water partition coefficient (Wildman–Crippen LogP) is 3.91. The van der Waals surface area contributed by atoms with Crippen LogP contribution in [0.15, 0.2) is 54.9 Å². The standard InChI is InChI=1S/C27H25F2N7O/c1-17-6-7-18(13-30-17)14-31-27(37)26-16-36(35-34-26)15-21(28)8-9-22-11-20-10-19(12-25(20)33-32-22)23-4-2-3-5-24(23)29/h2-7,10-11,13,16,21H,8-9,12,14-15H2,1H3,(H,31,37). The Morgan fingerprint density at radius 2 is 2.03 bits per heavy atom. The van der Waals surface area contributed by atoms with Gasteiger partial charge in [-0.3, -0.25) is 9.78 Å². The number of aromatic nitrogens is 6. The monoisotopic (exact) mass is 501 g/mol. The Kier molecular flexibility index (Phi) is 7.07. The normalized spacial score (nSPS) is 13.2. The smallest absolute Gasteiger partial charge is 0.273 e. The van der Waals surface area contributed by atoms with Gasteiger partial charge in [0.05, 0.1) is 24.1 Å². The van der Waals surface area contributed by atoms with Crippen molar-refractivity contribution in [3.63, 3.8) is 0 Å². The number of pyridine rings is 1. The number of halogens is 2. The van der Waals surface area contributed by atoms with Crippen molar-refractivity contribution in [3.05, 3.63) is 100 Å². The third-order valence-corrected chi connectivity index (χ3v) is 6.16. The highest BCUT2D eigenvalue weighted by atomic mass is 19.1. The molecule has 1 amide bonds. The minimum atomic E-state index is -1.21. The second-order valence-electron chi connectivity index (χ2n) is 9.02. The van der Waals surface area contributed by atoms with Crippen molar-refractivity contribution in [1.82, 2.24) is 35.5 Å². The molecule has 188 valence electrons. The summed E-state index contributed by atoms with van der Waals surface area (Å²) in [5.74, 6) is -0.661. The first kappa shape index (κ1) is 24.4. The molecule has 1 atom stereocenters. The molecule has 37 heavy (non-hydrogen) atoms. The van der Waals surface area contributed by atoms with E-state index in [1.54, 1.807) is 24.4 Å². The minimum absolute atomic E-state index is 0.0299. The van der Waals surface area contributed by atoms with Crippen LogP contribution in [0.2, 0.25) is 0 Å². The number of carbonyl (C=O) groups excluding carboxylic acids is 1. The Balaban J connectivity index is 1.13. The molecule has 1 aliphatic carbocycles. The first-order valence-corrected chi connectivity index (χ1v) is 12.0. The molecule has 0 aliphatic heterocycles. The van der Waals surface area contributed by atoms with Crippen molar-refractivity contribution < 1.29 is 13.6 Å². The number of nitrogens with one attached hydrogen (secondary N) is 1. The lowest BCUT2D eigenvalue weighted by Crippen LogP contribution is -2.23. The van der Waals surface area contributed by atoms with Crippen LogP contribution < -0.4 is 5.32 Å². The zero-order valence-corrected chi connectivity index (χ0v) is 20.2. The average molecular weight is 502 g/mol. The number of amides is 1. The molecule has 0 bridgehead atoms. The van der Waals surface area contributed by atoms with Crippen molar-refractivity contribution >= 4 is 17.6 Å². The molecule has 0 saturated carbocycles. The van der Waals surface area contributed by atoms with Gasteiger partial charge in [-0.05, 0) is 55.2 Å². The number of nitrogens with zero attached hydrogens (tertiary/aromatic N) is 6. The van der Waals surface area contributed by atoms with Crippen LogP contribution in [-0.4, -0.2) is 42.3 Å². The van der Waals surface area contributed by atoms with Crippen LogP contribution in [0.5, 0.6) is 0 Å².